The number of nitrogens with one attached hydrogen (secondary N) is 3. The lowest BCUT2D eigenvalue weighted by Gasteiger charge is -2.27. The lowest BCUT2D eigenvalue weighted by Crippen LogP contribution is -2.48. The summed E-state index contributed by atoms with van der Waals surface area (Å²) >= 11 is 0. The molecule has 1 fully saturated rings. The first kappa shape index (κ1) is 11.1. The highest BCUT2D eigenvalue weighted by Gasteiger charge is 2.24. The van der Waals surface area contributed by atoms with Gasteiger partial charge in [0.1, 0.15) is 0 Å². The van der Waals surface area contributed by atoms with Crippen LogP contribution in [0.25, 0.3) is 0 Å². The molecule has 0 aliphatic carbocycles. The maximum Gasteiger partial charge on any atom is 0.237 e. The fraction of sp³-hybridized carbons (Fsp3) is 0.636. The van der Waals surface area contributed by atoms with Gasteiger partial charge in [-0.15, -0.1) is 0 Å². The van der Waals surface area contributed by atoms with Crippen LogP contribution in [0.4, 0.5) is 0 Å². The third kappa shape index (κ3) is 2.82. The minimum absolute atomic E-state index is 0.0355. The molecule has 0 bridgehead atoms. The number of nitrogens with zero attached hydrogens (tertiary/aromatic N) is 1. The van der Waals surface area contributed by atoms with Crippen LogP contribution < -0.4 is 10.6 Å². The Morgan fingerprint density at radius 2 is 2.56 bits per heavy atom. The van der Waals surface area contributed by atoms with E-state index in [1.165, 1.54) is 0 Å². The summed E-state index contributed by atoms with van der Waals surface area (Å²) < 4.78 is 0. The predicted octanol–water partition coefficient (Wildman–Crippen LogP) is 0.414. The lowest BCUT2D eigenvalue weighted by molar-refractivity contribution is -0.124. The number of aromatic amines is 1. The third-order valence-electron chi connectivity index (χ3n) is 2.99. The van der Waals surface area contributed by atoms with Crippen LogP contribution in [0.5, 0.6) is 0 Å². The van der Waals surface area contributed by atoms with Gasteiger partial charge in [-0.1, -0.05) is 6.92 Å². The van der Waals surface area contributed by atoms with Crippen molar-refractivity contribution in [2.45, 2.75) is 32.4 Å². The van der Waals surface area contributed by atoms with Crippen molar-refractivity contribution in [3.63, 3.8) is 0 Å². The Morgan fingerprint density at radius 1 is 1.69 bits per heavy atom. The Bertz CT molecular complexity index is 336. The summed E-state index contributed by atoms with van der Waals surface area (Å²) in [7, 11) is 0. The fourth-order valence-corrected chi connectivity index (χ4v) is 1.99. The van der Waals surface area contributed by atoms with Gasteiger partial charge in [-0.25, -0.2) is 4.98 Å². The van der Waals surface area contributed by atoms with Crippen molar-refractivity contribution < 1.29 is 4.79 Å². The van der Waals surface area contributed by atoms with Crippen LogP contribution in [0.3, 0.4) is 0 Å². The van der Waals surface area contributed by atoms with Gasteiger partial charge in [-0.2, -0.15) is 0 Å². The van der Waals surface area contributed by atoms with Crippen LogP contribution in [0.15, 0.2) is 12.5 Å². The van der Waals surface area contributed by atoms with Gasteiger partial charge in [0.05, 0.1) is 24.6 Å². The van der Waals surface area contributed by atoms with E-state index < -0.39 is 0 Å². The second-order valence-electron chi connectivity index (χ2n) is 4.43. The smallest absolute Gasteiger partial charge is 0.237 e. The molecule has 1 aromatic rings. The van der Waals surface area contributed by atoms with Crippen LogP contribution in [0.2, 0.25) is 0 Å². The second-order valence-corrected chi connectivity index (χ2v) is 4.43. The van der Waals surface area contributed by atoms with Gasteiger partial charge in [-0.3, -0.25) is 4.79 Å². The second kappa shape index (κ2) is 5.12. The number of carbonyl (C=O) groups excluding carboxylic acids is 1. The van der Waals surface area contributed by atoms with Gasteiger partial charge in [0.15, 0.2) is 0 Å². The number of hydrogen-bond donors (Lipinski definition) is 3. The molecule has 5 nitrogen and oxygen atoms in total. The van der Waals surface area contributed by atoms with Crippen molar-refractivity contribution in [2.75, 3.05) is 6.54 Å². The van der Waals surface area contributed by atoms with E-state index in [1.807, 2.05) is 0 Å². The highest BCUT2D eigenvalue weighted by molar-refractivity contribution is 5.81. The number of amides is 1. The SMILES string of the molecule is CC1CCNC(C(=O)NCc2cnc[nH]2)C1. The zero-order chi connectivity index (χ0) is 11.4. The molecule has 2 heterocycles. The van der Waals surface area contributed by atoms with Gasteiger partial charge in [-0.05, 0) is 25.3 Å². The van der Waals surface area contributed by atoms with Gasteiger partial charge in [0, 0.05) is 6.20 Å². The van der Waals surface area contributed by atoms with Crippen molar-refractivity contribution >= 4 is 5.91 Å². The standard InChI is InChI=1S/C11H18N4O/c1-8-2-3-13-10(4-8)11(16)14-6-9-5-12-7-15-9/h5,7-8,10,13H,2-4,6H2,1H3,(H,12,15)(H,14,16). The van der Waals surface area contributed by atoms with Crippen molar-refractivity contribution in [3.8, 4) is 0 Å². The summed E-state index contributed by atoms with van der Waals surface area (Å²) in [6.45, 7) is 3.64. The van der Waals surface area contributed by atoms with Gasteiger partial charge < -0.3 is 15.6 Å². The third-order valence-corrected chi connectivity index (χ3v) is 2.99. The monoisotopic (exact) mass is 222 g/mol. The molecule has 1 aliphatic rings. The summed E-state index contributed by atoms with van der Waals surface area (Å²) in [5, 5.41) is 6.14. The quantitative estimate of drug-likeness (QED) is 0.694. The van der Waals surface area contributed by atoms with Crippen LogP contribution in [-0.4, -0.2) is 28.5 Å². The highest BCUT2D eigenvalue weighted by atomic mass is 16.2. The molecule has 5 heteroatoms. The predicted molar refractivity (Wildman–Crippen MR) is 60.6 cm³/mol. The molecule has 1 saturated heterocycles. The van der Waals surface area contributed by atoms with Gasteiger partial charge >= 0.3 is 0 Å². The van der Waals surface area contributed by atoms with Crippen molar-refractivity contribution in [1.82, 2.24) is 20.6 Å². The number of rotatable bonds is 3. The van der Waals surface area contributed by atoms with Crippen molar-refractivity contribution in [2.24, 2.45) is 5.92 Å². The van der Waals surface area contributed by atoms with E-state index >= 15 is 0 Å². The van der Waals surface area contributed by atoms with E-state index in [4.69, 9.17) is 0 Å². The Kier molecular flexibility index (Phi) is 3.56. The Hall–Kier alpha value is -1.36. The van der Waals surface area contributed by atoms with Crippen LogP contribution in [0.1, 0.15) is 25.5 Å². The van der Waals surface area contributed by atoms with Crippen LogP contribution in [0, 0.1) is 5.92 Å². The summed E-state index contributed by atoms with van der Waals surface area (Å²) in [4.78, 5) is 18.7. The molecule has 88 valence electrons. The maximum atomic E-state index is 11.8. The molecule has 0 radical (unpaired) electrons. The fourth-order valence-electron chi connectivity index (χ4n) is 1.99. The number of hydrogen-bond acceptors (Lipinski definition) is 3. The number of aromatic nitrogens is 2. The molecule has 1 amide bonds. The van der Waals surface area contributed by atoms with E-state index in [2.05, 4.69) is 27.5 Å². The normalized spacial score (nSPS) is 25.3. The summed E-state index contributed by atoms with van der Waals surface area (Å²) in [5.41, 5.74) is 0.928. The molecule has 0 saturated carbocycles. The first-order chi connectivity index (χ1) is 7.75. The number of piperidine rings is 1. The lowest BCUT2D eigenvalue weighted by atomic mass is 9.94. The van der Waals surface area contributed by atoms with E-state index in [-0.39, 0.29) is 11.9 Å². The molecule has 16 heavy (non-hydrogen) atoms. The minimum Gasteiger partial charge on any atom is -0.349 e. The molecular formula is C11H18N4O. The molecular weight excluding hydrogens is 204 g/mol. The number of H-pyrrole nitrogens is 1. The number of carbonyl (C=O) groups is 1. The van der Waals surface area contributed by atoms with E-state index in [0.29, 0.717) is 12.5 Å². The van der Waals surface area contributed by atoms with E-state index in [0.717, 1.165) is 25.1 Å². The maximum absolute atomic E-state index is 11.8. The molecule has 0 aromatic carbocycles. The Labute approximate surface area is 95.0 Å². The average Bonchev–Trinajstić information content (AvgIpc) is 2.78. The molecule has 2 rings (SSSR count). The first-order valence-electron chi connectivity index (χ1n) is 5.74. The molecule has 0 spiro atoms. The van der Waals surface area contributed by atoms with E-state index in [1.54, 1.807) is 12.5 Å². The molecule has 3 N–H and O–H groups in total. The van der Waals surface area contributed by atoms with Crippen molar-refractivity contribution in [3.05, 3.63) is 18.2 Å². The zero-order valence-electron chi connectivity index (χ0n) is 9.49. The van der Waals surface area contributed by atoms with E-state index in [9.17, 15) is 4.79 Å². The van der Waals surface area contributed by atoms with Gasteiger partial charge in [0.2, 0.25) is 5.91 Å². The zero-order valence-corrected chi connectivity index (χ0v) is 9.49. The highest BCUT2D eigenvalue weighted by Crippen LogP contribution is 2.14. The molecule has 1 aromatic heterocycles. The summed E-state index contributed by atoms with van der Waals surface area (Å²) in [6, 6.07) is -0.0355. The van der Waals surface area contributed by atoms with Crippen LogP contribution in [-0.2, 0) is 11.3 Å². The van der Waals surface area contributed by atoms with Crippen molar-refractivity contribution in [1.29, 1.82) is 0 Å². The van der Waals surface area contributed by atoms with Gasteiger partial charge in [0.25, 0.3) is 0 Å². The van der Waals surface area contributed by atoms with Crippen LogP contribution >= 0.6 is 0 Å². The summed E-state index contributed by atoms with van der Waals surface area (Å²) in [6.07, 6.45) is 5.42. The number of imidazole rings is 1. The largest absolute Gasteiger partial charge is 0.349 e. The minimum atomic E-state index is -0.0355. The molecule has 2 unspecified atom stereocenters. The average molecular weight is 222 g/mol. The summed E-state index contributed by atoms with van der Waals surface area (Å²) in [5.74, 6) is 0.713. The first-order valence-corrected chi connectivity index (χ1v) is 5.74. The molecule has 2 atom stereocenters. The molecule has 1 aliphatic heterocycles. The Morgan fingerprint density at radius 3 is 3.25 bits per heavy atom. The Balaban J connectivity index is 1.79. The topological polar surface area (TPSA) is 69.8 Å².